The van der Waals surface area contributed by atoms with E-state index in [1.807, 2.05) is 24.3 Å². The van der Waals surface area contributed by atoms with Crippen LogP contribution in [0.4, 0.5) is 4.39 Å². The van der Waals surface area contributed by atoms with Gasteiger partial charge in [0.15, 0.2) is 0 Å². The maximum absolute atomic E-state index is 13.2. The van der Waals surface area contributed by atoms with Crippen molar-refractivity contribution in [3.8, 4) is 0 Å². The minimum absolute atomic E-state index is 0.262. The topological polar surface area (TPSA) is 51.2 Å². The minimum atomic E-state index is -0.281. The molecule has 0 saturated carbocycles. The molecule has 3 rings (SSSR count). The normalized spacial score (nSPS) is 12.8. The van der Waals surface area contributed by atoms with Crippen molar-refractivity contribution in [2.45, 2.75) is 6.04 Å². The molecule has 0 bridgehead atoms. The summed E-state index contributed by atoms with van der Waals surface area (Å²) in [4.78, 5) is 0. The third-order valence-electron chi connectivity index (χ3n) is 3.15. The van der Waals surface area contributed by atoms with Gasteiger partial charge in [-0.15, -0.1) is 0 Å². The Labute approximate surface area is 129 Å². The van der Waals surface area contributed by atoms with Crippen molar-refractivity contribution in [2.75, 3.05) is 0 Å². The molecule has 0 aliphatic carbocycles. The van der Waals surface area contributed by atoms with Gasteiger partial charge >= 0.3 is 0 Å². The number of hydrogen-bond donors (Lipinski definition) is 2. The molecule has 3 nitrogen and oxygen atoms in total. The molecule has 102 valence electrons. The van der Waals surface area contributed by atoms with E-state index in [1.54, 1.807) is 12.1 Å². The molecular formula is C15H12FIN2O. The zero-order valence-corrected chi connectivity index (χ0v) is 12.6. The molecule has 1 atom stereocenters. The zero-order valence-electron chi connectivity index (χ0n) is 10.4. The van der Waals surface area contributed by atoms with E-state index in [4.69, 9.17) is 10.3 Å². The van der Waals surface area contributed by atoms with Crippen molar-refractivity contribution in [1.82, 2.24) is 5.43 Å². The molecule has 0 fully saturated rings. The molecule has 2 aromatic carbocycles. The molecule has 20 heavy (non-hydrogen) atoms. The van der Waals surface area contributed by atoms with Gasteiger partial charge < -0.3 is 4.42 Å². The molecule has 0 aliphatic heterocycles. The summed E-state index contributed by atoms with van der Waals surface area (Å²) in [5, 5.41) is 0.728. The van der Waals surface area contributed by atoms with Crippen LogP contribution in [0.25, 0.3) is 11.0 Å². The van der Waals surface area contributed by atoms with Gasteiger partial charge in [0.05, 0.1) is 0 Å². The van der Waals surface area contributed by atoms with Gasteiger partial charge in [0.25, 0.3) is 0 Å². The SMILES string of the molecule is NNC(c1ccc(I)cc1)c1cc2cc(F)ccc2o1. The number of halogens is 2. The monoisotopic (exact) mass is 382 g/mol. The van der Waals surface area contributed by atoms with Gasteiger partial charge in [-0.25, -0.2) is 9.82 Å². The molecule has 0 radical (unpaired) electrons. The first-order valence-electron chi connectivity index (χ1n) is 6.08. The third kappa shape index (κ3) is 2.56. The average molecular weight is 382 g/mol. The largest absolute Gasteiger partial charge is 0.459 e. The van der Waals surface area contributed by atoms with Gasteiger partial charge in [-0.05, 0) is 64.6 Å². The second-order valence-electron chi connectivity index (χ2n) is 4.48. The summed E-state index contributed by atoms with van der Waals surface area (Å²) < 4.78 is 20.1. The Kier molecular flexibility index (Phi) is 3.73. The number of hydrogen-bond acceptors (Lipinski definition) is 3. The van der Waals surface area contributed by atoms with E-state index in [2.05, 4.69) is 28.0 Å². The molecule has 3 aromatic rings. The van der Waals surface area contributed by atoms with Crippen LogP contribution < -0.4 is 11.3 Å². The fraction of sp³-hybridized carbons (Fsp3) is 0.0667. The van der Waals surface area contributed by atoms with Crippen LogP contribution >= 0.6 is 22.6 Å². The van der Waals surface area contributed by atoms with Crippen LogP contribution in [0.3, 0.4) is 0 Å². The highest BCUT2D eigenvalue weighted by Gasteiger charge is 2.17. The van der Waals surface area contributed by atoms with Crippen molar-refractivity contribution in [2.24, 2.45) is 5.84 Å². The Hall–Kier alpha value is -1.44. The van der Waals surface area contributed by atoms with E-state index in [0.29, 0.717) is 11.3 Å². The van der Waals surface area contributed by atoms with Crippen LogP contribution in [0.15, 0.2) is 52.9 Å². The standard InChI is InChI=1S/C15H12FIN2O/c16-11-3-6-13-10(7-11)8-14(20-13)15(19-18)9-1-4-12(17)5-2-9/h1-8,15,19H,18H2. The summed E-state index contributed by atoms with van der Waals surface area (Å²) in [5.74, 6) is 6.02. The molecule has 1 unspecified atom stereocenters. The van der Waals surface area contributed by atoms with E-state index in [0.717, 1.165) is 14.5 Å². The lowest BCUT2D eigenvalue weighted by atomic mass is 10.1. The summed E-state index contributed by atoms with van der Waals surface area (Å²) in [7, 11) is 0. The second kappa shape index (κ2) is 5.51. The van der Waals surface area contributed by atoms with Gasteiger partial charge in [0.1, 0.15) is 23.2 Å². The van der Waals surface area contributed by atoms with Crippen LogP contribution in [0.5, 0.6) is 0 Å². The highest BCUT2D eigenvalue weighted by atomic mass is 127. The van der Waals surface area contributed by atoms with Gasteiger partial charge in [-0.3, -0.25) is 5.84 Å². The summed E-state index contributed by atoms with van der Waals surface area (Å²) >= 11 is 2.24. The summed E-state index contributed by atoms with van der Waals surface area (Å²) in [6, 6.07) is 14.0. The molecular weight excluding hydrogens is 370 g/mol. The second-order valence-corrected chi connectivity index (χ2v) is 5.73. The predicted molar refractivity (Wildman–Crippen MR) is 84.5 cm³/mol. The molecule has 5 heteroatoms. The van der Waals surface area contributed by atoms with Crippen molar-refractivity contribution < 1.29 is 8.81 Å². The quantitative estimate of drug-likeness (QED) is 0.412. The smallest absolute Gasteiger partial charge is 0.134 e. The van der Waals surface area contributed by atoms with Crippen molar-refractivity contribution in [3.63, 3.8) is 0 Å². The number of hydrazine groups is 1. The molecule has 0 saturated heterocycles. The Bertz CT molecular complexity index is 739. The minimum Gasteiger partial charge on any atom is -0.459 e. The number of rotatable bonds is 3. The highest BCUT2D eigenvalue weighted by molar-refractivity contribution is 14.1. The van der Waals surface area contributed by atoms with E-state index in [9.17, 15) is 4.39 Å². The number of fused-ring (bicyclic) bond motifs is 1. The highest BCUT2D eigenvalue weighted by Crippen LogP contribution is 2.28. The van der Waals surface area contributed by atoms with E-state index >= 15 is 0 Å². The first-order chi connectivity index (χ1) is 9.67. The first kappa shape index (κ1) is 13.5. The number of furan rings is 1. The predicted octanol–water partition coefficient (Wildman–Crippen LogP) is 3.73. The van der Waals surface area contributed by atoms with Gasteiger partial charge in [-0.1, -0.05) is 12.1 Å². The molecule has 3 N–H and O–H groups in total. The number of nitrogens with one attached hydrogen (secondary N) is 1. The van der Waals surface area contributed by atoms with Crippen LogP contribution in [0.2, 0.25) is 0 Å². The van der Waals surface area contributed by atoms with Crippen LogP contribution in [0.1, 0.15) is 17.4 Å². The van der Waals surface area contributed by atoms with Crippen LogP contribution in [-0.4, -0.2) is 0 Å². The van der Waals surface area contributed by atoms with Gasteiger partial charge in [-0.2, -0.15) is 0 Å². The fourth-order valence-corrected chi connectivity index (χ4v) is 2.53. The lowest BCUT2D eigenvalue weighted by molar-refractivity contribution is 0.477. The van der Waals surface area contributed by atoms with Crippen molar-refractivity contribution in [3.05, 3.63) is 69.2 Å². The average Bonchev–Trinajstić information content (AvgIpc) is 2.84. The van der Waals surface area contributed by atoms with Crippen LogP contribution in [-0.2, 0) is 0 Å². The summed E-state index contributed by atoms with van der Waals surface area (Å²) in [6.45, 7) is 0. The van der Waals surface area contributed by atoms with E-state index in [-0.39, 0.29) is 11.9 Å². The summed E-state index contributed by atoms with van der Waals surface area (Å²) in [6.07, 6.45) is 0. The van der Waals surface area contributed by atoms with Crippen LogP contribution in [0, 0.1) is 9.39 Å². The van der Waals surface area contributed by atoms with Gasteiger partial charge in [0, 0.05) is 8.96 Å². The number of benzene rings is 2. The summed E-state index contributed by atoms with van der Waals surface area (Å²) in [5.41, 5.74) is 4.38. The maximum atomic E-state index is 13.2. The molecule has 1 aromatic heterocycles. The molecule has 0 spiro atoms. The maximum Gasteiger partial charge on any atom is 0.134 e. The molecule has 0 aliphatic rings. The van der Waals surface area contributed by atoms with Gasteiger partial charge in [0.2, 0.25) is 0 Å². The Balaban J connectivity index is 2.04. The first-order valence-corrected chi connectivity index (χ1v) is 7.16. The Morgan fingerprint density at radius 3 is 2.55 bits per heavy atom. The molecule has 1 heterocycles. The lowest BCUT2D eigenvalue weighted by Crippen LogP contribution is -2.28. The van der Waals surface area contributed by atoms with E-state index in [1.165, 1.54) is 12.1 Å². The Morgan fingerprint density at radius 1 is 1.10 bits per heavy atom. The number of nitrogens with two attached hydrogens (primary N) is 1. The zero-order chi connectivity index (χ0) is 14.1. The fourth-order valence-electron chi connectivity index (χ4n) is 2.17. The third-order valence-corrected chi connectivity index (χ3v) is 3.87. The van der Waals surface area contributed by atoms with Crippen molar-refractivity contribution in [1.29, 1.82) is 0 Å². The Morgan fingerprint density at radius 2 is 1.85 bits per heavy atom. The van der Waals surface area contributed by atoms with Crippen molar-refractivity contribution >= 4 is 33.6 Å². The lowest BCUT2D eigenvalue weighted by Gasteiger charge is -2.13. The van der Waals surface area contributed by atoms with E-state index < -0.39 is 0 Å². The molecule has 0 amide bonds.